The molecule has 2 nitrogen and oxygen atoms in total. The summed E-state index contributed by atoms with van der Waals surface area (Å²) in [5, 5.41) is 0.694. The molecule has 0 saturated carbocycles. The first-order chi connectivity index (χ1) is 7.63. The summed E-state index contributed by atoms with van der Waals surface area (Å²) in [6.45, 7) is 0.585. The van der Waals surface area contributed by atoms with Crippen LogP contribution < -0.4 is 0 Å². The Hall–Kier alpha value is -0.730. The molecule has 1 aromatic carbocycles. The minimum absolute atomic E-state index is 0.112. The van der Waals surface area contributed by atoms with E-state index in [2.05, 4.69) is 0 Å². The summed E-state index contributed by atoms with van der Waals surface area (Å²) in [5.41, 5.74) is 1.04. The van der Waals surface area contributed by atoms with Crippen LogP contribution in [-0.2, 0) is 11.3 Å². The fraction of sp³-hybridized carbons (Fsp3) is 0.417. The lowest BCUT2D eigenvalue weighted by molar-refractivity contribution is -0.130. The molecule has 0 radical (unpaired) electrons. The van der Waals surface area contributed by atoms with Crippen LogP contribution in [0.1, 0.15) is 18.4 Å². The molecule has 0 atom stereocenters. The van der Waals surface area contributed by atoms with E-state index in [0.717, 1.165) is 12.0 Å². The predicted molar refractivity (Wildman–Crippen MR) is 67.9 cm³/mol. The van der Waals surface area contributed by atoms with Crippen LogP contribution in [0.5, 0.6) is 0 Å². The fourth-order valence-electron chi connectivity index (χ4n) is 1.41. The molecule has 88 valence electrons. The zero-order valence-electron chi connectivity index (χ0n) is 9.25. The lowest BCUT2D eigenvalue weighted by Gasteiger charge is -2.17. The quantitative estimate of drug-likeness (QED) is 0.744. The molecule has 0 aliphatic heterocycles. The minimum atomic E-state index is 0.112. The van der Waals surface area contributed by atoms with Crippen molar-refractivity contribution in [1.29, 1.82) is 0 Å². The zero-order valence-corrected chi connectivity index (χ0v) is 10.8. The van der Waals surface area contributed by atoms with Crippen LogP contribution in [0.4, 0.5) is 0 Å². The second kappa shape index (κ2) is 6.77. The molecule has 0 spiro atoms. The standard InChI is InChI=1S/C12H15Cl2NO/c1-15(12(16)6-3-7-13)9-10-4-2-5-11(14)8-10/h2,4-5,8H,3,6-7,9H2,1H3. The van der Waals surface area contributed by atoms with Gasteiger partial charge in [0.25, 0.3) is 0 Å². The van der Waals surface area contributed by atoms with E-state index >= 15 is 0 Å². The molecule has 16 heavy (non-hydrogen) atoms. The highest BCUT2D eigenvalue weighted by atomic mass is 35.5. The molecule has 0 aliphatic carbocycles. The number of hydrogen-bond donors (Lipinski definition) is 0. The van der Waals surface area contributed by atoms with Crippen LogP contribution in [0.3, 0.4) is 0 Å². The summed E-state index contributed by atoms with van der Waals surface area (Å²) in [6, 6.07) is 7.53. The van der Waals surface area contributed by atoms with Gasteiger partial charge in [-0.1, -0.05) is 23.7 Å². The molecule has 0 aromatic heterocycles. The summed E-state index contributed by atoms with van der Waals surface area (Å²) in [5.74, 6) is 0.636. The number of alkyl halides is 1. The third kappa shape index (κ3) is 4.42. The van der Waals surface area contributed by atoms with Crippen LogP contribution >= 0.6 is 23.2 Å². The van der Waals surface area contributed by atoms with E-state index in [1.807, 2.05) is 24.3 Å². The van der Waals surface area contributed by atoms with Gasteiger partial charge in [-0.25, -0.2) is 0 Å². The Morgan fingerprint density at radius 3 is 2.81 bits per heavy atom. The SMILES string of the molecule is CN(Cc1cccc(Cl)c1)C(=O)CCCCl. The molecule has 1 aromatic rings. The van der Waals surface area contributed by atoms with Gasteiger partial charge in [0.15, 0.2) is 0 Å². The number of nitrogens with zero attached hydrogens (tertiary/aromatic N) is 1. The highest BCUT2D eigenvalue weighted by Gasteiger charge is 2.08. The molecular formula is C12H15Cl2NO. The van der Waals surface area contributed by atoms with Crippen molar-refractivity contribution in [2.75, 3.05) is 12.9 Å². The van der Waals surface area contributed by atoms with Crippen molar-refractivity contribution in [3.8, 4) is 0 Å². The Morgan fingerprint density at radius 2 is 2.19 bits per heavy atom. The molecule has 0 heterocycles. The van der Waals surface area contributed by atoms with Gasteiger partial charge in [-0.05, 0) is 24.1 Å². The van der Waals surface area contributed by atoms with Gasteiger partial charge >= 0.3 is 0 Å². The maximum Gasteiger partial charge on any atom is 0.222 e. The number of benzene rings is 1. The molecule has 4 heteroatoms. The Labute approximate surface area is 106 Å². The van der Waals surface area contributed by atoms with Gasteiger partial charge in [-0.2, -0.15) is 0 Å². The summed E-state index contributed by atoms with van der Waals surface area (Å²) in [7, 11) is 1.79. The van der Waals surface area contributed by atoms with Crippen molar-refractivity contribution in [1.82, 2.24) is 4.90 Å². The third-order valence-electron chi connectivity index (χ3n) is 2.26. The Balaban J connectivity index is 2.50. The van der Waals surface area contributed by atoms with Crippen molar-refractivity contribution in [2.24, 2.45) is 0 Å². The number of amides is 1. The third-order valence-corrected chi connectivity index (χ3v) is 2.76. The van der Waals surface area contributed by atoms with Crippen molar-refractivity contribution < 1.29 is 4.79 Å². The summed E-state index contributed by atoms with van der Waals surface area (Å²) in [6.07, 6.45) is 1.22. The van der Waals surface area contributed by atoms with E-state index in [9.17, 15) is 4.79 Å². The number of carbonyl (C=O) groups excluding carboxylic acids is 1. The average molecular weight is 260 g/mol. The first kappa shape index (κ1) is 13.3. The van der Waals surface area contributed by atoms with Crippen molar-refractivity contribution in [2.45, 2.75) is 19.4 Å². The molecule has 0 unspecified atom stereocenters. The number of rotatable bonds is 5. The largest absolute Gasteiger partial charge is 0.341 e. The molecule has 1 rings (SSSR count). The number of carbonyl (C=O) groups is 1. The Bertz CT molecular complexity index is 355. The smallest absolute Gasteiger partial charge is 0.222 e. The van der Waals surface area contributed by atoms with Gasteiger partial charge in [-0.3, -0.25) is 4.79 Å². The molecule has 0 bridgehead atoms. The van der Waals surface area contributed by atoms with E-state index in [1.54, 1.807) is 11.9 Å². The van der Waals surface area contributed by atoms with Crippen LogP contribution in [-0.4, -0.2) is 23.7 Å². The van der Waals surface area contributed by atoms with E-state index in [1.165, 1.54) is 0 Å². The first-order valence-electron chi connectivity index (χ1n) is 5.18. The minimum Gasteiger partial charge on any atom is -0.341 e. The normalized spacial score (nSPS) is 10.2. The summed E-state index contributed by atoms with van der Waals surface area (Å²) < 4.78 is 0. The maximum absolute atomic E-state index is 11.6. The van der Waals surface area contributed by atoms with Crippen molar-refractivity contribution in [3.63, 3.8) is 0 Å². The topological polar surface area (TPSA) is 20.3 Å². The molecular weight excluding hydrogens is 245 g/mol. The second-order valence-corrected chi connectivity index (χ2v) is 4.49. The Kier molecular flexibility index (Phi) is 5.64. The lowest BCUT2D eigenvalue weighted by atomic mass is 10.2. The maximum atomic E-state index is 11.6. The number of hydrogen-bond acceptors (Lipinski definition) is 1. The van der Waals surface area contributed by atoms with Gasteiger partial charge in [0.1, 0.15) is 0 Å². The van der Waals surface area contributed by atoms with E-state index in [0.29, 0.717) is 23.9 Å². The highest BCUT2D eigenvalue weighted by molar-refractivity contribution is 6.30. The van der Waals surface area contributed by atoms with Crippen LogP contribution in [0.25, 0.3) is 0 Å². The van der Waals surface area contributed by atoms with Crippen molar-refractivity contribution in [3.05, 3.63) is 34.9 Å². The van der Waals surface area contributed by atoms with E-state index in [4.69, 9.17) is 23.2 Å². The first-order valence-corrected chi connectivity index (χ1v) is 6.09. The van der Waals surface area contributed by atoms with Gasteiger partial charge in [0, 0.05) is 30.9 Å². The molecule has 0 N–H and O–H groups in total. The second-order valence-electron chi connectivity index (χ2n) is 3.67. The summed E-state index contributed by atoms with van der Waals surface area (Å²) >= 11 is 11.4. The monoisotopic (exact) mass is 259 g/mol. The molecule has 0 saturated heterocycles. The molecule has 0 aliphatic rings. The van der Waals surface area contributed by atoms with Gasteiger partial charge in [-0.15, -0.1) is 11.6 Å². The van der Waals surface area contributed by atoms with Gasteiger partial charge in [0.05, 0.1) is 0 Å². The Morgan fingerprint density at radius 1 is 1.44 bits per heavy atom. The zero-order chi connectivity index (χ0) is 12.0. The van der Waals surface area contributed by atoms with Crippen LogP contribution in [0.2, 0.25) is 5.02 Å². The average Bonchev–Trinajstić information content (AvgIpc) is 2.25. The van der Waals surface area contributed by atoms with Crippen LogP contribution in [0, 0.1) is 0 Å². The van der Waals surface area contributed by atoms with Crippen molar-refractivity contribution >= 4 is 29.1 Å². The van der Waals surface area contributed by atoms with E-state index < -0.39 is 0 Å². The summed E-state index contributed by atoms with van der Waals surface area (Å²) in [4.78, 5) is 13.3. The lowest BCUT2D eigenvalue weighted by Crippen LogP contribution is -2.25. The van der Waals surface area contributed by atoms with Crippen LogP contribution in [0.15, 0.2) is 24.3 Å². The number of halogens is 2. The fourth-order valence-corrected chi connectivity index (χ4v) is 1.75. The molecule has 0 fully saturated rings. The highest BCUT2D eigenvalue weighted by Crippen LogP contribution is 2.12. The molecule has 1 amide bonds. The van der Waals surface area contributed by atoms with Gasteiger partial charge < -0.3 is 4.90 Å². The predicted octanol–water partition coefficient (Wildman–Crippen LogP) is 3.32. The van der Waals surface area contributed by atoms with Gasteiger partial charge in [0.2, 0.25) is 5.91 Å². The van der Waals surface area contributed by atoms with E-state index in [-0.39, 0.29) is 5.91 Å².